The van der Waals surface area contributed by atoms with Gasteiger partial charge in [0, 0.05) is 22.9 Å². The van der Waals surface area contributed by atoms with Gasteiger partial charge in [0.15, 0.2) is 0 Å². The Morgan fingerprint density at radius 1 is 1.38 bits per heavy atom. The number of rotatable bonds is 3. The van der Waals surface area contributed by atoms with Crippen molar-refractivity contribution in [3.63, 3.8) is 0 Å². The van der Waals surface area contributed by atoms with Crippen molar-refractivity contribution >= 4 is 17.4 Å². The number of nitrogens with one attached hydrogen (secondary N) is 1. The van der Waals surface area contributed by atoms with Gasteiger partial charge >= 0.3 is 0 Å². The highest BCUT2D eigenvalue weighted by molar-refractivity contribution is 7.99. The zero-order chi connectivity index (χ0) is 11.0. The summed E-state index contributed by atoms with van der Waals surface area (Å²) in [7, 11) is 0. The summed E-state index contributed by atoms with van der Waals surface area (Å²) in [5.74, 6) is 1.18. The Hall–Kier alpha value is -0.670. The zero-order valence-electron chi connectivity index (χ0n) is 9.46. The molecular formula is C13H18N2S. The van der Waals surface area contributed by atoms with Crippen LogP contribution in [0.4, 0.5) is 5.69 Å². The van der Waals surface area contributed by atoms with E-state index in [0.29, 0.717) is 5.41 Å². The van der Waals surface area contributed by atoms with E-state index in [1.807, 2.05) is 11.8 Å². The van der Waals surface area contributed by atoms with Crippen LogP contribution in [0.15, 0.2) is 23.1 Å². The van der Waals surface area contributed by atoms with Gasteiger partial charge in [-0.1, -0.05) is 6.07 Å². The van der Waals surface area contributed by atoms with Gasteiger partial charge in [0.1, 0.15) is 0 Å². The van der Waals surface area contributed by atoms with Gasteiger partial charge in [-0.05, 0) is 48.9 Å². The molecule has 1 aromatic carbocycles. The second-order valence-corrected chi connectivity index (χ2v) is 6.12. The maximum absolute atomic E-state index is 5.84. The van der Waals surface area contributed by atoms with Gasteiger partial charge in [-0.15, -0.1) is 11.8 Å². The molecule has 0 amide bonds. The van der Waals surface area contributed by atoms with Crippen LogP contribution in [0.1, 0.15) is 18.4 Å². The number of benzene rings is 1. The predicted molar refractivity (Wildman–Crippen MR) is 70.1 cm³/mol. The molecule has 3 rings (SSSR count). The Kier molecular flexibility index (Phi) is 2.60. The molecule has 3 N–H and O–H groups in total. The van der Waals surface area contributed by atoms with Crippen LogP contribution in [-0.4, -0.2) is 18.8 Å². The van der Waals surface area contributed by atoms with Gasteiger partial charge in [0.25, 0.3) is 0 Å². The number of nitrogens with two attached hydrogens (primary N) is 1. The first-order valence-corrected chi connectivity index (χ1v) is 7.00. The van der Waals surface area contributed by atoms with Crippen LogP contribution >= 0.6 is 11.8 Å². The van der Waals surface area contributed by atoms with Crippen molar-refractivity contribution in [1.29, 1.82) is 0 Å². The molecule has 2 aliphatic rings. The van der Waals surface area contributed by atoms with Gasteiger partial charge in [-0.25, -0.2) is 0 Å². The average molecular weight is 234 g/mol. The fraction of sp³-hybridized carbons (Fsp3) is 0.538. The molecule has 0 bridgehead atoms. The highest BCUT2D eigenvalue weighted by Crippen LogP contribution is 2.47. The average Bonchev–Trinajstić information content (AvgIpc) is 3.09. The van der Waals surface area contributed by atoms with Crippen LogP contribution in [0.3, 0.4) is 0 Å². The Morgan fingerprint density at radius 2 is 2.25 bits per heavy atom. The fourth-order valence-corrected chi connectivity index (χ4v) is 3.31. The van der Waals surface area contributed by atoms with E-state index < -0.39 is 0 Å². The van der Waals surface area contributed by atoms with Crippen LogP contribution in [-0.2, 0) is 6.42 Å². The van der Waals surface area contributed by atoms with Crippen molar-refractivity contribution in [2.75, 3.05) is 24.2 Å². The lowest BCUT2D eigenvalue weighted by atomic mass is 9.96. The van der Waals surface area contributed by atoms with Crippen LogP contribution in [0.25, 0.3) is 0 Å². The minimum atomic E-state index is 0.445. The molecule has 86 valence electrons. The van der Waals surface area contributed by atoms with Crippen molar-refractivity contribution in [2.45, 2.75) is 24.2 Å². The van der Waals surface area contributed by atoms with E-state index in [1.54, 1.807) is 0 Å². The van der Waals surface area contributed by atoms with Crippen LogP contribution in [0.5, 0.6) is 0 Å². The van der Waals surface area contributed by atoms with Gasteiger partial charge in [0.2, 0.25) is 0 Å². The molecule has 1 saturated carbocycles. The summed E-state index contributed by atoms with van der Waals surface area (Å²) in [4.78, 5) is 1.41. The van der Waals surface area contributed by atoms with Crippen molar-refractivity contribution in [2.24, 2.45) is 11.1 Å². The van der Waals surface area contributed by atoms with Crippen molar-refractivity contribution in [3.8, 4) is 0 Å². The summed E-state index contributed by atoms with van der Waals surface area (Å²) in [6, 6.07) is 6.83. The Balaban J connectivity index is 1.80. The molecule has 1 heterocycles. The molecule has 1 aromatic rings. The van der Waals surface area contributed by atoms with E-state index in [2.05, 4.69) is 23.5 Å². The normalized spacial score (nSPS) is 21.1. The molecule has 2 nitrogen and oxygen atoms in total. The lowest BCUT2D eigenvalue weighted by molar-refractivity contribution is 0.521. The molecule has 1 aliphatic carbocycles. The van der Waals surface area contributed by atoms with Crippen LogP contribution < -0.4 is 11.1 Å². The zero-order valence-corrected chi connectivity index (χ0v) is 10.3. The summed E-state index contributed by atoms with van der Waals surface area (Å²) in [6.07, 6.45) is 3.79. The molecule has 0 atom stereocenters. The highest BCUT2D eigenvalue weighted by atomic mass is 32.2. The summed E-state index contributed by atoms with van der Waals surface area (Å²) in [5, 5.41) is 3.44. The number of hydrogen-bond acceptors (Lipinski definition) is 3. The molecule has 0 saturated heterocycles. The quantitative estimate of drug-likeness (QED) is 0.844. The number of anilines is 1. The molecule has 1 aliphatic heterocycles. The van der Waals surface area contributed by atoms with Crippen molar-refractivity contribution in [1.82, 2.24) is 0 Å². The molecule has 0 spiro atoms. The van der Waals surface area contributed by atoms with Crippen molar-refractivity contribution < 1.29 is 0 Å². The number of fused-ring (bicyclic) bond motifs is 1. The third-order valence-electron chi connectivity index (χ3n) is 3.69. The van der Waals surface area contributed by atoms with Gasteiger partial charge in [-0.2, -0.15) is 0 Å². The van der Waals surface area contributed by atoms with Gasteiger partial charge < -0.3 is 11.1 Å². The fourth-order valence-electron chi connectivity index (χ4n) is 2.35. The third-order valence-corrected chi connectivity index (χ3v) is 4.75. The number of hydrogen-bond donors (Lipinski definition) is 2. The second-order valence-electron chi connectivity index (χ2n) is 4.99. The van der Waals surface area contributed by atoms with E-state index in [4.69, 9.17) is 5.73 Å². The SMILES string of the molecule is NCC1(Cc2ccc3c(c2)SCCN3)CC1. The standard InChI is InChI=1S/C13H18N2S/c14-9-13(3-4-13)8-10-1-2-11-12(7-10)16-6-5-15-11/h1-2,7,15H,3-6,8-9,14H2. The molecule has 1 fully saturated rings. The van der Waals surface area contributed by atoms with Crippen molar-refractivity contribution in [3.05, 3.63) is 23.8 Å². The first-order chi connectivity index (χ1) is 7.81. The monoisotopic (exact) mass is 234 g/mol. The second kappa shape index (κ2) is 3.97. The van der Waals surface area contributed by atoms with Gasteiger partial charge in [0.05, 0.1) is 0 Å². The Bertz CT molecular complexity index is 399. The summed E-state index contributed by atoms with van der Waals surface area (Å²) >= 11 is 1.96. The van der Waals surface area contributed by atoms with E-state index in [-0.39, 0.29) is 0 Å². The Morgan fingerprint density at radius 3 is 3.00 bits per heavy atom. The van der Waals surface area contributed by atoms with E-state index >= 15 is 0 Å². The maximum Gasteiger partial charge on any atom is 0.0478 e. The van der Waals surface area contributed by atoms with E-state index in [9.17, 15) is 0 Å². The summed E-state index contributed by atoms with van der Waals surface area (Å²) in [5.41, 5.74) is 9.04. The van der Waals surface area contributed by atoms with Gasteiger partial charge in [-0.3, -0.25) is 0 Å². The first-order valence-electron chi connectivity index (χ1n) is 6.01. The van der Waals surface area contributed by atoms with E-state index in [1.165, 1.54) is 34.7 Å². The minimum absolute atomic E-state index is 0.445. The Labute approximate surface area is 101 Å². The topological polar surface area (TPSA) is 38.0 Å². The molecule has 0 radical (unpaired) electrons. The lowest BCUT2D eigenvalue weighted by Gasteiger charge is -2.19. The van der Waals surface area contributed by atoms with Crippen LogP contribution in [0.2, 0.25) is 0 Å². The smallest absolute Gasteiger partial charge is 0.0478 e. The predicted octanol–water partition coefficient (Wildman–Crippen LogP) is 2.49. The highest BCUT2D eigenvalue weighted by Gasteiger charge is 2.40. The maximum atomic E-state index is 5.84. The third kappa shape index (κ3) is 1.94. The molecule has 16 heavy (non-hydrogen) atoms. The molecule has 0 aromatic heterocycles. The van der Waals surface area contributed by atoms with E-state index in [0.717, 1.165) is 19.5 Å². The molecule has 0 unspecified atom stereocenters. The largest absolute Gasteiger partial charge is 0.383 e. The minimum Gasteiger partial charge on any atom is -0.383 e. The first kappa shape index (κ1) is 10.5. The number of thioether (sulfide) groups is 1. The summed E-state index contributed by atoms with van der Waals surface area (Å²) < 4.78 is 0. The molecule has 3 heteroatoms. The molecular weight excluding hydrogens is 216 g/mol. The lowest BCUT2D eigenvalue weighted by Crippen LogP contribution is -2.18. The summed E-state index contributed by atoms with van der Waals surface area (Å²) in [6.45, 7) is 1.93. The van der Waals surface area contributed by atoms with Crippen LogP contribution in [0, 0.1) is 5.41 Å².